The van der Waals surface area contributed by atoms with Crippen molar-refractivity contribution in [1.82, 2.24) is 4.90 Å². The molecule has 0 radical (unpaired) electrons. The maximum absolute atomic E-state index is 12.5. The van der Waals surface area contributed by atoms with E-state index in [-0.39, 0.29) is 24.7 Å². The van der Waals surface area contributed by atoms with E-state index in [0.29, 0.717) is 37.7 Å². The topological polar surface area (TPSA) is 77.5 Å². The molecule has 0 aliphatic carbocycles. The van der Waals surface area contributed by atoms with Crippen molar-refractivity contribution >= 4 is 17.6 Å². The summed E-state index contributed by atoms with van der Waals surface area (Å²) >= 11 is 0. The summed E-state index contributed by atoms with van der Waals surface area (Å²) in [5.74, 6) is 1.20. The summed E-state index contributed by atoms with van der Waals surface area (Å²) in [6, 6.07) is 13.5. The van der Waals surface area contributed by atoms with Gasteiger partial charge in [0, 0.05) is 43.9 Å². The van der Waals surface area contributed by atoms with Crippen molar-refractivity contribution in [3.63, 3.8) is 0 Å². The normalized spacial score (nSPS) is 16.6. The van der Waals surface area contributed by atoms with Crippen LogP contribution in [0, 0.1) is 0 Å². The fraction of sp³-hybridized carbons (Fsp3) is 0.440. The van der Waals surface area contributed by atoms with Gasteiger partial charge in [-0.3, -0.25) is 4.79 Å². The minimum Gasteiger partial charge on any atom is -0.497 e. The van der Waals surface area contributed by atoms with Crippen molar-refractivity contribution in [1.29, 1.82) is 0 Å². The smallest absolute Gasteiger partial charge is 0.344 e. The number of anilines is 1. The van der Waals surface area contributed by atoms with Gasteiger partial charge in [-0.15, -0.1) is 0 Å². The van der Waals surface area contributed by atoms with E-state index < -0.39 is 5.97 Å². The second kappa shape index (κ2) is 9.60. The standard InChI is InChI=1S/C25H30N2O6/c1-25(2)15-18-5-4-6-21(24(18)33-25)31-17-23(29)32-16-22(28)27-13-11-26(12-14-27)19-7-9-20(30-3)10-8-19/h4-10H,11-17H2,1-3H3. The average Bonchev–Trinajstić information content (AvgIpc) is 3.15. The molecule has 0 saturated carbocycles. The molecule has 1 saturated heterocycles. The van der Waals surface area contributed by atoms with Crippen LogP contribution in [0.25, 0.3) is 0 Å². The largest absolute Gasteiger partial charge is 0.497 e. The van der Waals surface area contributed by atoms with E-state index >= 15 is 0 Å². The fourth-order valence-corrected chi connectivity index (χ4v) is 4.12. The predicted octanol–water partition coefficient (Wildman–Crippen LogP) is 2.68. The van der Waals surface area contributed by atoms with Crippen LogP contribution in [-0.4, -0.2) is 68.9 Å². The summed E-state index contributed by atoms with van der Waals surface area (Å²) in [6.07, 6.45) is 0.782. The van der Waals surface area contributed by atoms with Gasteiger partial charge in [0.25, 0.3) is 5.91 Å². The number of amides is 1. The van der Waals surface area contributed by atoms with Crippen LogP contribution in [0.3, 0.4) is 0 Å². The average molecular weight is 455 g/mol. The minimum absolute atomic E-state index is 0.205. The Morgan fingerprint density at radius 2 is 1.73 bits per heavy atom. The fourth-order valence-electron chi connectivity index (χ4n) is 4.12. The Hall–Kier alpha value is -3.42. The number of piperazine rings is 1. The highest BCUT2D eigenvalue weighted by Crippen LogP contribution is 2.41. The summed E-state index contributed by atoms with van der Waals surface area (Å²) in [4.78, 5) is 28.6. The molecule has 2 aromatic carbocycles. The highest BCUT2D eigenvalue weighted by Gasteiger charge is 2.32. The molecule has 176 valence electrons. The van der Waals surface area contributed by atoms with Crippen LogP contribution in [0.15, 0.2) is 42.5 Å². The lowest BCUT2D eigenvalue weighted by atomic mass is 10.0. The number of rotatable bonds is 7. The molecule has 0 unspecified atom stereocenters. The first-order valence-electron chi connectivity index (χ1n) is 11.1. The number of carbonyl (C=O) groups is 2. The van der Waals surface area contributed by atoms with E-state index in [0.717, 1.165) is 23.4 Å². The number of esters is 1. The molecule has 2 aromatic rings. The summed E-state index contributed by atoms with van der Waals surface area (Å²) < 4.78 is 21.9. The van der Waals surface area contributed by atoms with Crippen LogP contribution in [0.1, 0.15) is 19.4 Å². The van der Waals surface area contributed by atoms with Crippen LogP contribution < -0.4 is 19.1 Å². The molecule has 2 aliphatic rings. The number of benzene rings is 2. The maximum atomic E-state index is 12.5. The van der Waals surface area contributed by atoms with Gasteiger partial charge in [-0.25, -0.2) is 4.79 Å². The molecule has 33 heavy (non-hydrogen) atoms. The lowest BCUT2D eigenvalue weighted by Gasteiger charge is -2.36. The number of hydrogen-bond donors (Lipinski definition) is 0. The Balaban J connectivity index is 1.20. The van der Waals surface area contributed by atoms with Gasteiger partial charge < -0.3 is 28.7 Å². The van der Waals surface area contributed by atoms with Crippen LogP contribution in [0.4, 0.5) is 5.69 Å². The Bertz CT molecular complexity index is 996. The van der Waals surface area contributed by atoms with Crippen LogP contribution in [-0.2, 0) is 20.7 Å². The van der Waals surface area contributed by atoms with Crippen molar-refractivity contribution in [2.45, 2.75) is 25.9 Å². The van der Waals surface area contributed by atoms with Gasteiger partial charge in [0.05, 0.1) is 7.11 Å². The summed E-state index contributed by atoms with van der Waals surface area (Å²) in [5.41, 5.74) is 1.84. The van der Waals surface area contributed by atoms with E-state index in [1.54, 1.807) is 18.1 Å². The molecule has 8 nitrogen and oxygen atoms in total. The SMILES string of the molecule is COc1ccc(N2CCN(C(=O)COC(=O)COc3cccc4c3OC(C)(C)C4)CC2)cc1. The van der Waals surface area contributed by atoms with Crippen LogP contribution in [0.5, 0.6) is 17.2 Å². The Kier molecular flexibility index (Phi) is 6.62. The number of ether oxygens (including phenoxy) is 4. The van der Waals surface area contributed by atoms with Crippen molar-refractivity contribution in [2.75, 3.05) is 51.4 Å². The number of para-hydroxylation sites is 1. The van der Waals surface area contributed by atoms with Gasteiger partial charge >= 0.3 is 5.97 Å². The molecular formula is C25H30N2O6. The van der Waals surface area contributed by atoms with Crippen molar-refractivity contribution in [2.24, 2.45) is 0 Å². The molecule has 1 amide bonds. The zero-order valence-corrected chi connectivity index (χ0v) is 19.3. The van der Waals surface area contributed by atoms with Gasteiger partial charge in [0.15, 0.2) is 24.7 Å². The number of nitrogens with zero attached hydrogens (tertiary/aromatic N) is 2. The Morgan fingerprint density at radius 3 is 2.42 bits per heavy atom. The molecule has 0 aromatic heterocycles. The number of hydrogen-bond acceptors (Lipinski definition) is 7. The van der Waals surface area contributed by atoms with E-state index in [2.05, 4.69) is 4.90 Å². The first kappa shape index (κ1) is 22.8. The Morgan fingerprint density at radius 1 is 1.00 bits per heavy atom. The van der Waals surface area contributed by atoms with Gasteiger partial charge in [-0.2, -0.15) is 0 Å². The Labute approximate surface area is 194 Å². The van der Waals surface area contributed by atoms with E-state index in [4.69, 9.17) is 18.9 Å². The van der Waals surface area contributed by atoms with Crippen LogP contribution >= 0.6 is 0 Å². The highest BCUT2D eigenvalue weighted by atomic mass is 16.6. The molecule has 1 fully saturated rings. The second-order valence-electron chi connectivity index (χ2n) is 8.80. The molecule has 2 aliphatic heterocycles. The summed E-state index contributed by atoms with van der Waals surface area (Å²) in [7, 11) is 1.64. The monoisotopic (exact) mass is 454 g/mol. The summed E-state index contributed by atoms with van der Waals surface area (Å²) in [6.45, 7) is 6.01. The van der Waals surface area contributed by atoms with E-state index in [9.17, 15) is 9.59 Å². The van der Waals surface area contributed by atoms with Gasteiger partial charge in [0.2, 0.25) is 0 Å². The van der Waals surface area contributed by atoms with Gasteiger partial charge in [0.1, 0.15) is 11.4 Å². The zero-order chi connectivity index (χ0) is 23.4. The lowest BCUT2D eigenvalue weighted by Crippen LogP contribution is -2.50. The molecule has 4 rings (SSSR count). The van der Waals surface area contributed by atoms with Gasteiger partial charge in [-0.1, -0.05) is 12.1 Å². The number of fused-ring (bicyclic) bond motifs is 1. The highest BCUT2D eigenvalue weighted by molar-refractivity contribution is 5.81. The molecule has 0 N–H and O–H groups in total. The molecule has 0 spiro atoms. The van der Waals surface area contributed by atoms with Crippen molar-refractivity contribution in [3.05, 3.63) is 48.0 Å². The lowest BCUT2D eigenvalue weighted by molar-refractivity contribution is -0.153. The van der Waals surface area contributed by atoms with E-state index in [1.807, 2.05) is 50.2 Å². The van der Waals surface area contributed by atoms with Crippen molar-refractivity contribution < 1.29 is 28.5 Å². The summed E-state index contributed by atoms with van der Waals surface area (Å²) in [5, 5.41) is 0. The maximum Gasteiger partial charge on any atom is 0.344 e. The molecule has 0 bridgehead atoms. The number of methoxy groups -OCH3 is 1. The third-order valence-corrected chi connectivity index (χ3v) is 5.83. The molecular weight excluding hydrogens is 424 g/mol. The molecule has 8 heteroatoms. The first-order valence-corrected chi connectivity index (χ1v) is 11.1. The molecule has 2 heterocycles. The first-order chi connectivity index (χ1) is 15.8. The van der Waals surface area contributed by atoms with Crippen molar-refractivity contribution in [3.8, 4) is 17.2 Å². The predicted molar refractivity (Wildman–Crippen MR) is 123 cm³/mol. The third kappa shape index (κ3) is 5.50. The zero-order valence-electron chi connectivity index (χ0n) is 19.3. The quantitative estimate of drug-likeness (QED) is 0.596. The van der Waals surface area contributed by atoms with E-state index in [1.165, 1.54) is 0 Å². The van der Waals surface area contributed by atoms with Gasteiger partial charge in [-0.05, 0) is 44.2 Å². The molecule has 0 atom stereocenters. The number of carbonyl (C=O) groups excluding carboxylic acids is 2. The second-order valence-corrected chi connectivity index (χ2v) is 8.80. The van der Waals surface area contributed by atoms with Crippen LogP contribution in [0.2, 0.25) is 0 Å². The minimum atomic E-state index is -0.588. The third-order valence-electron chi connectivity index (χ3n) is 5.83.